The van der Waals surface area contributed by atoms with E-state index in [-0.39, 0.29) is 16.5 Å². The van der Waals surface area contributed by atoms with Crippen LogP contribution in [0.1, 0.15) is 5.56 Å². The highest BCUT2D eigenvalue weighted by Crippen LogP contribution is 2.25. The van der Waals surface area contributed by atoms with E-state index in [1.165, 1.54) is 12.1 Å². The smallest absolute Gasteiger partial charge is 0.294 e. The topological polar surface area (TPSA) is 130 Å². The summed E-state index contributed by atoms with van der Waals surface area (Å²) < 4.78 is 0. The number of thiocarbonyl (C=S) groups is 1. The summed E-state index contributed by atoms with van der Waals surface area (Å²) in [4.78, 5) is 45.5. The number of nitro benzene ring substituents is 1. The highest BCUT2D eigenvalue weighted by Gasteiger charge is 2.37. The van der Waals surface area contributed by atoms with E-state index in [0.717, 1.165) is 0 Å². The second-order valence-electron chi connectivity index (χ2n) is 4.49. The van der Waals surface area contributed by atoms with Crippen molar-refractivity contribution in [3.8, 4) is 0 Å². The minimum absolute atomic E-state index is 0.0579. The summed E-state index contributed by atoms with van der Waals surface area (Å²) in [5.74, 6) is -2.99. The molecule has 0 saturated carbocycles. The van der Waals surface area contributed by atoms with Crippen LogP contribution in [0.15, 0.2) is 18.2 Å². The van der Waals surface area contributed by atoms with Gasteiger partial charge >= 0.3 is 0 Å². The Morgan fingerprint density at radius 1 is 1.41 bits per heavy atom. The number of benzene rings is 1. The minimum Gasteiger partial charge on any atom is -0.344 e. The van der Waals surface area contributed by atoms with E-state index in [0.29, 0.717) is 5.56 Å². The summed E-state index contributed by atoms with van der Waals surface area (Å²) in [5.41, 5.74) is 0.147. The van der Waals surface area contributed by atoms with Crippen LogP contribution in [0.3, 0.4) is 0 Å². The Labute approximate surface area is 129 Å². The number of ketones is 1. The predicted octanol–water partition coefficient (Wildman–Crippen LogP) is -0.216. The molecule has 3 N–H and O–H groups in total. The minimum atomic E-state index is -1.43. The van der Waals surface area contributed by atoms with Crippen LogP contribution < -0.4 is 16.0 Å². The summed E-state index contributed by atoms with van der Waals surface area (Å²) in [6.45, 7) is 1.65. The van der Waals surface area contributed by atoms with Gasteiger partial charge in [0, 0.05) is 6.07 Å². The molecule has 0 bridgehead atoms. The SMILES string of the molecule is Cc1ccc(NC(=O)C(=O)C2NC(=S)NC2=O)c([N+](=O)[O-])c1. The average molecular weight is 322 g/mol. The maximum atomic E-state index is 11.9. The summed E-state index contributed by atoms with van der Waals surface area (Å²) in [7, 11) is 0. The van der Waals surface area contributed by atoms with Gasteiger partial charge in [0.1, 0.15) is 5.69 Å². The molecule has 1 fully saturated rings. The van der Waals surface area contributed by atoms with Crippen LogP contribution in [0.5, 0.6) is 0 Å². The average Bonchev–Trinajstić information content (AvgIpc) is 2.78. The van der Waals surface area contributed by atoms with Gasteiger partial charge in [-0.05, 0) is 30.8 Å². The summed E-state index contributed by atoms with van der Waals surface area (Å²) in [5, 5.41) is 17.6. The lowest BCUT2D eigenvalue weighted by atomic mass is 10.1. The Kier molecular flexibility index (Phi) is 4.13. The summed E-state index contributed by atoms with van der Waals surface area (Å²) in [6.07, 6.45) is 0. The molecule has 1 aromatic carbocycles. The molecular formula is C12H10N4O5S. The van der Waals surface area contributed by atoms with Crippen molar-refractivity contribution in [1.82, 2.24) is 10.6 Å². The van der Waals surface area contributed by atoms with Gasteiger partial charge in [-0.1, -0.05) is 6.07 Å². The zero-order valence-corrected chi connectivity index (χ0v) is 12.0. The van der Waals surface area contributed by atoms with Crippen molar-refractivity contribution in [2.45, 2.75) is 13.0 Å². The lowest BCUT2D eigenvalue weighted by Crippen LogP contribution is -2.43. The van der Waals surface area contributed by atoms with Gasteiger partial charge in [-0.3, -0.25) is 24.5 Å². The molecule has 114 valence electrons. The fourth-order valence-corrected chi connectivity index (χ4v) is 2.03. The normalized spacial score (nSPS) is 16.7. The number of aryl methyl sites for hydroxylation is 1. The number of nitro groups is 1. The number of hydrogen-bond donors (Lipinski definition) is 3. The monoisotopic (exact) mass is 322 g/mol. The van der Waals surface area contributed by atoms with E-state index in [1.54, 1.807) is 13.0 Å². The van der Waals surface area contributed by atoms with Crippen molar-refractivity contribution in [3.63, 3.8) is 0 Å². The van der Waals surface area contributed by atoms with E-state index in [4.69, 9.17) is 0 Å². The number of hydrogen-bond acceptors (Lipinski definition) is 6. The van der Waals surface area contributed by atoms with Crippen LogP contribution in [0.25, 0.3) is 0 Å². The van der Waals surface area contributed by atoms with Crippen LogP contribution in [0, 0.1) is 17.0 Å². The Bertz CT molecular complexity index is 717. The molecule has 2 amide bonds. The molecule has 22 heavy (non-hydrogen) atoms. The van der Waals surface area contributed by atoms with E-state index >= 15 is 0 Å². The van der Waals surface area contributed by atoms with Gasteiger partial charge in [0.05, 0.1) is 4.92 Å². The first-order valence-electron chi connectivity index (χ1n) is 6.01. The first kappa shape index (κ1) is 15.5. The molecule has 1 aliphatic heterocycles. The van der Waals surface area contributed by atoms with Crippen molar-refractivity contribution in [2.75, 3.05) is 5.32 Å². The first-order valence-corrected chi connectivity index (χ1v) is 6.42. The van der Waals surface area contributed by atoms with E-state index < -0.39 is 28.6 Å². The lowest BCUT2D eigenvalue weighted by Gasteiger charge is -2.08. The van der Waals surface area contributed by atoms with Crippen molar-refractivity contribution >= 4 is 46.3 Å². The van der Waals surface area contributed by atoms with Gasteiger partial charge < -0.3 is 16.0 Å². The Morgan fingerprint density at radius 2 is 2.09 bits per heavy atom. The quantitative estimate of drug-likeness (QED) is 0.230. The highest BCUT2D eigenvalue weighted by atomic mass is 32.1. The third-order valence-corrected chi connectivity index (χ3v) is 3.08. The predicted molar refractivity (Wildman–Crippen MR) is 79.1 cm³/mol. The van der Waals surface area contributed by atoms with Crippen molar-refractivity contribution < 1.29 is 19.3 Å². The Morgan fingerprint density at radius 3 is 2.64 bits per heavy atom. The molecule has 9 nitrogen and oxygen atoms in total. The maximum Gasteiger partial charge on any atom is 0.294 e. The summed E-state index contributed by atoms with van der Waals surface area (Å²) >= 11 is 4.66. The van der Waals surface area contributed by atoms with E-state index in [9.17, 15) is 24.5 Å². The number of amides is 2. The van der Waals surface area contributed by atoms with Gasteiger partial charge in [-0.15, -0.1) is 0 Å². The van der Waals surface area contributed by atoms with E-state index in [1.807, 2.05) is 0 Å². The maximum absolute atomic E-state index is 11.9. The van der Waals surface area contributed by atoms with Crippen molar-refractivity contribution in [2.24, 2.45) is 0 Å². The third kappa shape index (κ3) is 3.06. The second-order valence-corrected chi connectivity index (χ2v) is 4.90. The van der Waals surface area contributed by atoms with Gasteiger partial charge in [0.25, 0.3) is 23.3 Å². The van der Waals surface area contributed by atoms with Gasteiger partial charge in [-0.2, -0.15) is 0 Å². The molecule has 1 saturated heterocycles. The lowest BCUT2D eigenvalue weighted by molar-refractivity contribution is -0.384. The van der Waals surface area contributed by atoms with Gasteiger partial charge in [0.15, 0.2) is 11.2 Å². The molecular weight excluding hydrogens is 312 g/mol. The first-order chi connectivity index (χ1) is 10.3. The number of nitrogens with one attached hydrogen (secondary N) is 3. The van der Waals surface area contributed by atoms with Crippen LogP contribution in [-0.4, -0.2) is 33.7 Å². The van der Waals surface area contributed by atoms with Gasteiger partial charge in [0.2, 0.25) is 0 Å². The van der Waals surface area contributed by atoms with Gasteiger partial charge in [-0.25, -0.2) is 0 Å². The Hall–Kier alpha value is -2.88. The van der Waals surface area contributed by atoms with E-state index in [2.05, 4.69) is 28.2 Å². The molecule has 2 rings (SSSR count). The number of anilines is 1. The van der Waals surface area contributed by atoms with Crippen LogP contribution in [0.4, 0.5) is 11.4 Å². The number of carbonyl (C=O) groups is 3. The zero-order chi connectivity index (χ0) is 16.4. The van der Waals surface area contributed by atoms with Crippen molar-refractivity contribution in [1.29, 1.82) is 0 Å². The molecule has 0 aromatic heterocycles. The largest absolute Gasteiger partial charge is 0.344 e. The number of Topliss-reactive ketones (excluding diaryl/α,β-unsaturated/α-hetero) is 1. The molecule has 1 aliphatic rings. The second kappa shape index (κ2) is 5.85. The molecule has 1 atom stereocenters. The van der Waals surface area contributed by atoms with Crippen LogP contribution in [-0.2, 0) is 14.4 Å². The number of nitrogens with zero attached hydrogens (tertiary/aromatic N) is 1. The Balaban J connectivity index is 2.19. The third-order valence-electron chi connectivity index (χ3n) is 2.86. The molecule has 0 spiro atoms. The molecule has 10 heteroatoms. The summed E-state index contributed by atoms with van der Waals surface area (Å²) in [6, 6.07) is 2.68. The van der Waals surface area contributed by atoms with Crippen LogP contribution in [0.2, 0.25) is 0 Å². The molecule has 0 aliphatic carbocycles. The molecule has 1 aromatic rings. The highest BCUT2D eigenvalue weighted by molar-refractivity contribution is 7.80. The molecule has 0 radical (unpaired) electrons. The fourth-order valence-electron chi connectivity index (χ4n) is 1.81. The zero-order valence-electron chi connectivity index (χ0n) is 11.2. The fraction of sp³-hybridized carbons (Fsp3) is 0.167. The van der Waals surface area contributed by atoms with Crippen LogP contribution >= 0.6 is 12.2 Å². The molecule has 1 unspecified atom stereocenters. The number of carbonyl (C=O) groups excluding carboxylic acids is 3. The molecule has 1 heterocycles. The standard InChI is InChI=1S/C12H10N4O5S/c1-5-2-3-6(7(4-5)16(20)21)13-11(19)9(17)8-10(18)15-12(22)14-8/h2-4,8H,1H3,(H,13,19)(H2,14,15,18,22). The number of rotatable bonds is 4. The van der Waals surface area contributed by atoms with Crippen molar-refractivity contribution in [3.05, 3.63) is 33.9 Å².